The summed E-state index contributed by atoms with van der Waals surface area (Å²) < 4.78 is 10.7. The van der Waals surface area contributed by atoms with E-state index in [4.69, 9.17) is 15.2 Å². The van der Waals surface area contributed by atoms with Gasteiger partial charge in [0.1, 0.15) is 6.54 Å². The van der Waals surface area contributed by atoms with Crippen LogP contribution in [-0.2, 0) is 16.2 Å². The lowest BCUT2D eigenvalue weighted by Gasteiger charge is -2.33. The first-order chi connectivity index (χ1) is 9.47. The Morgan fingerprint density at radius 3 is 2.80 bits per heavy atom. The molecule has 3 N–H and O–H groups in total. The first kappa shape index (κ1) is 14.1. The summed E-state index contributed by atoms with van der Waals surface area (Å²) >= 11 is 0. The lowest BCUT2D eigenvalue weighted by molar-refractivity contribution is -0.127. The molecule has 1 heterocycles. The molecule has 108 valence electrons. The molecule has 1 aromatic carbocycles. The van der Waals surface area contributed by atoms with Crippen molar-refractivity contribution < 1.29 is 24.2 Å². The third-order valence-electron chi connectivity index (χ3n) is 3.01. The number of ether oxygens (including phenoxy) is 2. The van der Waals surface area contributed by atoms with Gasteiger partial charge >= 0.3 is 0 Å². The molecule has 1 aliphatic rings. The van der Waals surface area contributed by atoms with Crippen molar-refractivity contribution in [2.24, 2.45) is 5.73 Å². The van der Waals surface area contributed by atoms with Crippen LogP contribution in [0, 0.1) is 0 Å². The zero-order chi connectivity index (χ0) is 14.9. The minimum absolute atomic E-state index is 0.224. The number of carbonyl (C=O) groups is 2. The number of rotatable bonds is 4. The van der Waals surface area contributed by atoms with Gasteiger partial charge in [-0.25, -0.2) is 0 Å². The highest BCUT2D eigenvalue weighted by atomic mass is 16.5. The van der Waals surface area contributed by atoms with E-state index in [0.29, 0.717) is 22.7 Å². The number of aliphatic hydroxyl groups excluding tert-OH is 1. The SMILES string of the molecule is COc1cc(CO)cc2c1OC(C)C(=O)N2CC(N)=O. The smallest absolute Gasteiger partial charge is 0.268 e. The van der Waals surface area contributed by atoms with Gasteiger partial charge in [0.05, 0.1) is 19.4 Å². The molecule has 0 fully saturated rings. The van der Waals surface area contributed by atoms with Crippen molar-refractivity contribution in [2.75, 3.05) is 18.6 Å². The molecule has 0 aromatic heterocycles. The van der Waals surface area contributed by atoms with E-state index in [2.05, 4.69) is 0 Å². The molecule has 7 nitrogen and oxygen atoms in total. The van der Waals surface area contributed by atoms with Crippen molar-refractivity contribution in [3.63, 3.8) is 0 Å². The van der Waals surface area contributed by atoms with E-state index in [1.165, 1.54) is 12.0 Å². The van der Waals surface area contributed by atoms with E-state index in [1.54, 1.807) is 19.1 Å². The zero-order valence-corrected chi connectivity index (χ0v) is 11.3. The number of benzene rings is 1. The Morgan fingerprint density at radius 2 is 2.25 bits per heavy atom. The lowest BCUT2D eigenvalue weighted by Crippen LogP contribution is -2.48. The van der Waals surface area contributed by atoms with Gasteiger partial charge in [0, 0.05) is 0 Å². The molecule has 1 aromatic rings. The maximum atomic E-state index is 12.1. The van der Waals surface area contributed by atoms with E-state index in [-0.39, 0.29) is 19.1 Å². The van der Waals surface area contributed by atoms with E-state index in [1.807, 2.05) is 0 Å². The van der Waals surface area contributed by atoms with Crippen LogP contribution in [0.2, 0.25) is 0 Å². The normalized spacial score (nSPS) is 17.4. The van der Waals surface area contributed by atoms with Gasteiger partial charge in [0.2, 0.25) is 5.91 Å². The maximum Gasteiger partial charge on any atom is 0.268 e. The van der Waals surface area contributed by atoms with Gasteiger partial charge in [-0.2, -0.15) is 0 Å². The minimum Gasteiger partial charge on any atom is -0.493 e. The number of aliphatic hydroxyl groups is 1. The molecule has 2 rings (SSSR count). The summed E-state index contributed by atoms with van der Waals surface area (Å²) in [5.74, 6) is -0.251. The first-order valence-corrected chi connectivity index (χ1v) is 6.06. The summed E-state index contributed by atoms with van der Waals surface area (Å²) in [5.41, 5.74) is 6.09. The van der Waals surface area contributed by atoms with Crippen LogP contribution < -0.4 is 20.1 Å². The molecule has 7 heteroatoms. The van der Waals surface area contributed by atoms with Gasteiger partial charge in [0.15, 0.2) is 17.6 Å². The van der Waals surface area contributed by atoms with Gasteiger partial charge in [-0.3, -0.25) is 14.5 Å². The number of amides is 2. The standard InChI is InChI=1S/C13H16N2O5/c1-7-13(18)15(5-11(14)17)9-3-8(6-16)4-10(19-2)12(9)20-7/h3-4,7,16H,5-6H2,1-2H3,(H2,14,17). The highest BCUT2D eigenvalue weighted by Gasteiger charge is 2.34. The van der Waals surface area contributed by atoms with Crippen molar-refractivity contribution in [1.82, 2.24) is 0 Å². The van der Waals surface area contributed by atoms with E-state index < -0.39 is 12.0 Å². The summed E-state index contributed by atoms with van der Waals surface area (Å²) in [6, 6.07) is 3.19. The highest BCUT2D eigenvalue weighted by molar-refractivity contribution is 6.04. The Morgan fingerprint density at radius 1 is 1.55 bits per heavy atom. The molecule has 0 radical (unpaired) electrons. The van der Waals surface area contributed by atoms with Crippen LogP contribution in [-0.4, -0.2) is 36.7 Å². The first-order valence-electron chi connectivity index (χ1n) is 6.06. The van der Waals surface area contributed by atoms with Crippen LogP contribution in [0.5, 0.6) is 11.5 Å². The number of primary amides is 1. The summed E-state index contributed by atoms with van der Waals surface area (Å²) in [6.07, 6.45) is -0.740. The number of methoxy groups -OCH3 is 1. The van der Waals surface area contributed by atoms with E-state index in [0.717, 1.165) is 0 Å². The molecule has 0 aliphatic carbocycles. The Labute approximate surface area is 115 Å². The van der Waals surface area contributed by atoms with Crippen LogP contribution in [0.1, 0.15) is 12.5 Å². The third-order valence-corrected chi connectivity index (χ3v) is 3.01. The molecule has 0 saturated heterocycles. The monoisotopic (exact) mass is 280 g/mol. The van der Waals surface area contributed by atoms with Gasteiger partial charge in [-0.15, -0.1) is 0 Å². The molecular weight excluding hydrogens is 264 g/mol. The third kappa shape index (κ3) is 2.39. The molecule has 0 bridgehead atoms. The quantitative estimate of drug-likeness (QED) is 0.794. The molecule has 0 saturated carbocycles. The molecule has 0 spiro atoms. The fraction of sp³-hybridized carbons (Fsp3) is 0.385. The average Bonchev–Trinajstić information content (AvgIpc) is 2.42. The van der Waals surface area contributed by atoms with Gasteiger partial charge in [-0.05, 0) is 24.6 Å². The fourth-order valence-electron chi connectivity index (χ4n) is 2.09. The second-order valence-corrected chi connectivity index (χ2v) is 4.46. The highest BCUT2D eigenvalue weighted by Crippen LogP contribution is 2.42. The molecule has 2 amide bonds. The number of nitrogens with two attached hydrogens (primary N) is 1. The molecule has 1 unspecified atom stereocenters. The maximum absolute atomic E-state index is 12.1. The van der Waals surface area contributed by atoms with E-state index >= 15 is 0 Å². The van der Waals surface area contributed by atoms with E-state index in [9.17, 15) is 14.7 Å². The van der Waals surface area contributed by atoms with Crippen LogP contribution in [0.25, 0.3) is 0 Å². The largest absolute Gasteiger partial charge is 0.493 e. The second kappa shape index (κ2) is 5.38. The van der Waals surface area contributed by atoms with Gasteiger partial charge in [-0.1, -0.05) is 0 Å². The van der Waals surface area contributed by atoms with Crippen molar-refractivity contribution in [3.05, 3.63) is 17.7 Å². The van der Waals surface area contributed by atoms with Crippen LogP contribution >= 0.6 is 0 Å². The summed E-state index contributed by atoms with van der Waals surface area (Å²) in [5, 5.41) is 9.25. The Kier molecular flexibility index (Phi) is 3.80. The predicted octanol–water partition coefficient (Wildman–Crippen LogP) is -0.213. The fourth-order valence-corrected chi connectivity index (χ4v) is 2.09. The number of nitrogens with zero attached hydrogens (tertiary/aromatic N) is 1. The van der Waals surface area contributed by atoms with Crippen LogP contribution in [0.15, 0.2) is 12.1 Å². The minimum atomic E-state index is -0.740. The Hall–Kier alpha value is -2.28. The summed E-state index contributed by atoms with van der Waals surface area (Å²) in [6.45, 7) is 1.11. The predicted molar refractivity (Wildman–Crippen MR) is 70.6 cm³/mol. The Bertz CT molecular complexity index is 558. The number of hydrogen-bond donors (Lipinski definition) is 2. The number of carbonyl (C=O) groups excluding carboxylic acids is 2. The Balaban J connectivity index is 2.58. The topological polar surface area (TPSA) is 102 Å². The zero-order valence-electron chi connectivity index (χ0n) is 11.3. The van der Waals surface area contributed by atoms with Gasteiger partial charge < -0.3 is 20.3 Å². The summed E-state index contributed by atoms with van der Waals surface area (Å²) in [4.78, 5) is 24.5. The summed E-state index contributed by atoms with van der Waals surface area (Å²) in [7, 11) is 1.46. The molecule has 1 atom stereocenters. The van der Waals surface area contributed by atoms with Crippen LogP contribution in [0.3, 0.4) is 0 Å². The second-order valence-electron chi connectivity index (χ2n) is 4.46. The number of hydrogen-bond acceptors (Lipinski definition) is 5. The number of anilines is 1. The van der Waals surface area contributed by atoms with Crippen molar-refractivity contribution in [2.45, 2.75) is 19.6 Å². The number of fused-ring (bicyclic) bond motifs is 1. The molecule has 20 heavy (non-hydrogen) atoms. The molecular formula is C13H16N2O5. The molecule has 1 aliphatic heterocycles. The average molecular weight is 280 g/mol. The van der Waals surface area contributed by atoms with Crippen molar-refractivity contribution in [3.8, 4) is 11.5 Å². The van der Waals surface area contributed by atoms with Crippen LogP contribution in [0.4, 0.5) is 5.69 Å². The van der Waals surface area contributed by atoms with Crippen molar-refractivity contribution >= 4 is 17.5 Å². The van der Waals surface area contributed by atoms with Gasteiger partial charge in [0.25, 0.3) is 5.91 Å². The van der Waals surface area contributed by atoms with Crippen molar-refractivity contribution in [1.29, 1.82) is 0 Å². The lowest BCUT2D eigenvalue weighted by atomic mass is 10.1.